The zero-order chi connectivity index (χ0) is 11.5. The highest BCUT2D eigenvalue weighted by Crippen LogP contribution is 2.15. The molecule has 0 bridgehead atoms. The van der Waals surface area contributed by atoms with Crippen LogP contribution in [0.5, 0.6) is 0 Å². The summed E-state index contributed by atoms with van der Waals surface area (Å²) in [6.07, 6.45) is 7.50. The molecular weight excluding hydrogens is 192 g/mol. The van der Waals surface area contributed by atoms with Gasteiger partial charge in [-0.15, -0.1) is 0 Å². The summed E-state index contributed by atoms with van der Waals surface area (Å²) in [5.74, 6) is -0.183. The van der Waals surface area contributed by atoms with Gasteiger partial charge in [0.1, 0.15) is 5.54 Å². The quantitative estimate of drug-likeness (QED) is 0.623. The molecule has 1 saturated carbocycles. The van der Waals surface area contributed by atoms with E-state index in [0.717, 1.165) is 4.90 Å². The molecule has 1 aliphatic carbocycles. The number of imide groups is 1. The van der Waals surface area contributed by atoms with Crippen molar-refractivity contribution >= 4 is 11.9 Å². The Balaban J connectivity index is 0.000000187. The van der Waals surface area contributed by atoms with Crippen molar-refractivity contribution in [2.24, 2.45) is 0 Å². The van der Waals surface area contributed by atoms with Crippen molar-refractivity contribution in [3.05, 3.63) is 0 Å². The van der Waals surface area contributed by atoms with Crippen LogP contribution in [0, 0.1) is 0 Å². The van der Waals surface area contributed by atoms with Gasteiger partial charge < -0.3 is 5.32 Å². The Hall–Kier alpha value is -1.06. The average Bonchev–Trinajstić information content (AvgIpc) is 2.76. The van der Waals surface area contributed by atoms with Crippen LogP contribution >= 0.6 is 0 Å². The molecule has 0 unspecified atom stereocenters. The molecule has 0 atom stereocenters. The number of amides is 3. The lowest BCUT2D eigenvalue weighted by Crippen LogP contribution is -2.39. The van der Waals surface area contributed by atoms with Crippen molar-refractivity contribution in [2.45, 2.75) is 51.5 Å². The summed E-state index contributed by atoms with van der Waals surface area (Å²) in [7, 11) is 1.46. The minimum Gasteiger partial charge on any atom is -0.324 e. The van der Waals surface area contributed by atoms with Crippen LogP contribution < -0.4 is 5.32 Å². The highest BCUT2D eigenvalue weighted by molar-refractivity contribution is 6.06. The maximum absolute atomic E-state index is 11.1. The first-order valence-corrected chi connectivity index (χ1v) is 5.55. The van der Waals surface area contributed by atoms with Crippen LogP contribution in [0.4, 0.5) is 4.79 Å². The zero-order valence-corrected chi connectivity index (χ0v) is 9.80. The van der Waals surface area contributed by atoms with E-state index in [0.29, 0.717) is 0 Å². The summed E-state index contributed by atoms with van der Waals surface area (Å²) in [6.45, 7) is 3.35. The molecule has 0 aromatic rings. The fraction of sp³-hybridized carbons (Fsp3) is 0.818. The highest BCUT2D eigenvalue weighted by Gasteiger charge is 2.41. The Labute approximate surface area is 91.0 Å². The van der Waals surface area contributed by atoms with Gasteiger partial charge in [0.2, 0.25) is 0 Å². The Morgan fingerprint density at radius 3 is 1.60 bits per heavy atom. The second-order valence-corrected chi connectivity index (χ2v) is 4.69. The van der Waals surface area contributed by atoms with Gasteiger partial charge in [-0.25, -0.2) is 4.79 Å². The largest absolute Gasteiger partial charge is 0.324 e. The number of carbonyl (C=O) groups is 2. The van der Waals surface area contributed by atoms with E-state index in [1.54, 1.807) is 13.8 Å². The molecule has 3 amide bonds. The van der Waals surface area contributed by atoms with Crippen molar-refractivity contribution < 1.29 is 9.59 Å². The van der Waals surface area contributed by atoms with Crippen LogP contribution in [0.15, 0.2) is 0 Å². The molecule has 1 saturated heterocycles. The second kappa shape index (κ2) is 4.64. The molecule has 0 aromatic heterocycles. The molecule has 0 radical (unpaired) electrons. The lowest BCUT2D eigenvalue weighted by molar-refractivity contribution is -0.129. The molecule has 15 heavy (non-hydrogen) atoms. The molecule has 1 N–H and O–H groups in total. The number of hydrogen-bond donors (Lipinski definition) is 1. The monoisotopic (exact) mass is 212 g/mol. The Kier molecular flexibility index (Phi) is 3.72. The molecule has 1 heterocycles. The van der Waals surface area contributed by atoms with Gasteiger partial charge in [-0.05, 0) is 13.8 Å². The van der Waals surface area contributed by atoms with E-state index in [-0.39, 0.29) is 11.9 Å². The number of rotatable bonds is 0. The van der Waals surface area contributed by atoms with Crippen LogP contribution in [0.2, 0.25) is 0 Å². The van der Waals surface area contributed by atoms with Gasteiger partial charge in [-0.1, -0.05) is 32.1 Å². The van der Waals surface area contributed by atoms with Gasteiger partial charge in [-0.2, -0.15) is 0 Å². The molecule has 2 aliphatic rings. The third-order valence-corrected chi connectivity index (χ3v) is 2.81. The SMILES string of the molecule is C1CCCC1.CN1C(=O)NC(C)(C)C1=O. The lowest BCUT2D eigenvalue weighted by Gasteiger charge is -2.12. The first-order valence-electron chi connectivity index (χ1n) is 5.55. The molecule has 0 spiro atoms. The molecule has 4 nitrogen and oxygen atoms in total. The van der Waals surface area contributed by atoms with Crippen LogP contribution in [-0.4, -0.2) is 29.4 Å². The fourth-order valence-corrected chi connectivity index (χ4v) is 1.80. The van der Waals surface area contributed by atoms with Crippen molar-refractivity contribution in [3.63, 3.8) is 0 Å². The molecular formula is C11H20N2O2. The number of urea groups is 1. The number of nitrogens with one attached hydrogen (secondary N) is 1. The first kappa shape index (κ1) is 12.0. The predicted molar refractivity (Wildman–Crippen MR) is 58.5 cm³/mol. The summed E-state index contributed by atoms with van der Waals surface area (Å²) < 4.78 is 0. The van der Waals surface area contributed by atoms with Gasteiger partial charge in [0.25, 0.3) is 5.91 Å². The van der Waals surface area contributed by atoms with Gasteiger partial charge in [0.15, 0.2) is 0 Å². The Bertz CT molecular complexity index is 250. The molecule has 1 aliphatic heterocycles. The maximum atomic E-state index is 11.1. The van der Waals surface area contributed by atoms with Gasteiger partial charge in [-0.3, -0.25) is 9.69 Å². The van der Waals surface area contributed by atoms with E-state index in [9.17, 15) is 9.59 Å². The summed E-state index contributed by atoms with van der Waals surface area (Å²) in [6, 6.07) is -0.324. The smallest absolute Gasteiger partial charge is 0.324 e. The van der Waals surface area contributed by atoms with Gasteiger partial charge in [0.05, 0.1) is 0 Å². The van der Waals surface area contributed by atoms with E-state index in [1.807, 2.05) is 0 Å². The standard InChI is InChI=1S/C6H10N2O2.C5H10/c1-6(2)4(9)8(3)5(10)7-6;1-2-4-5-3-1/h1-3H3,(H,7,10);1-5H2. The Morgan fingerprint density at radius 2 is 1.47 bits per heavy atom. The molecule has 4 heteroatoms. The molecule has 0 aromatic carbocycles. The maximum Gasteiger partial charge on any atom is 0.324 e. The van der Waals surface area contributed by atoms with Crippen LogP contribution in [0.25, 0.3) is 0 Å². The van der Waals surface area contributed by atoms with Gasteiger partial charge >= 0.3 is 6.03 Å². The summed E-state index contributed by atoms with van der Waals surface area (Å²) in [4.78, 5) is 23.0. The first-order chi connectivity index (χ1) is 6.95. The third-order valence-electron chi connectivity index (χ3n) is 2.81. The van der Waals surface area contributed by atoms with E-state index >= 15 is 0 Å². The summed E-state index contributed by atoms with van der Waals surface area (Å²) in [5.41, 5.74) is -0.716. The van der Waals surface area contributed by atoms with E-state index in [2.05, 4.69) is 5.32 Å². The number of carbonyl (C=O) groups excluding carboxylic acids is 2. The average molecular weight is 212 g/mol. The second-order valence-electron chi connectivity index (χ2n) is 4.69. The number of likely N-dealkylation sites (N-methyl/N-ethyl adjacent to an activating group) is 1. The topological polar surface area (TPSA) is 49.4 Å². The molecule has 2 rings (SSSR count). The Morgan fingerprint density at radius 1 is 1.07 bits per heavy atom. The van der Waals surface area contributed by atoms with Crippen molar-refractivity contribution in [1.82, 2.24) is 10.2 Å². The van der Waals surface area contributed by atoms with Crippen molar-refractivity contribution in [2.75, 3.05) is 7.05 Å². The number of hydrogen-bond acceptors (Lipinski definition) is 2. The highest BCUT2D eigenvalue weighted by atomic mass is 16.2. The molecule has 86 valence electrons. The van der Waals surface area contributed by atoms with Crippen LogP contribution in [0.1, 0.15) is 46.0 Å². The van der Waals surface area contributed by atoms with Gasteiger partial charge in [0, 0.05) is 7.05 Å². The van der Waals surface area contributed by atoms with E-state index < -0.39 is 5.54 Å². The van der Waals surface area contributed by atoms with E-state index in [1.165, 1.54) is 39.2 Å². The minimum atomic E-state index is -0.716. The number of nitrogens with zero attached hydrogens (tertiary/aromatic N) is 1. The van der Waals surface area contributed by atoms with Crippen LogP contribution in [-0.2, 0) is 4.79 Å². The summed E-state index contributed by atoms with van der Waals surface area (Å²) in [5, 5.41) is 2.53. The predicted octanol–water partition coefficient (Wildman–Crippen LogP) is 1.90. The van der Waals surface area contributed by atoms with E-state index in [4.69, 9.17) is 0 Å². The lowest BCUT2D eigenvalue weighted by atomic mass is 10.1. The van der Waals surface area contributed by atoms with Crippen molar-refractivity contribution in [3.8, 4) is 0 Å². The normalized spacial score (nSPS) is 23.5. The third kappa shape index (κ3) is 2.94. The zero-order valence-electron chi connectivity index (χ0n) is 9.80. The van der Waals surface area contributed by atoms with Crippen molar-refractivity contribution in [1.29, 1.82) is 0 Å². The molecule has 2 fully saturated rings. The fourth-order valence-electron chi connectivity index (χ4n) is 1.80. The van der Waals surface area contributed by atoms with Crippen LogP contribution in [0.3, 0.4) is 0 Å². The minimum absolute atomic E-state index is 0.183. The summed E-state index contributed by atoms with van der Waals surface area (Å²) >= 11 is 0.